The molecule has 0 spiro atoms. The summed E-state index contributed by atoms with van der Waals surface area (Å²) in [4.78, 5) is 20.0. The summed E-state index contributed by atoms with van der Waals surface area (Å²) in [5.41, 5.74) is 3.46. The lowest BCUT2D eigenvalue weighted by Crippen LogP contribution is -2.51. The Hall–Kier alpha value is -3.59. The van der Waals surface area contributed by atoms with Crippen molar-refractivity contribution in [2.24, 2.45) is 0 Å². The molecule has 9 nitrogen and oxygen atoms in total. The van der Waals surface area contributed by atoms with Gasteiger partial charge in [0.15, 0.2) is 0 Å². The van der Waals surface area contributed by atoms with Crippen LogP contribution in [0.25, 0.3) is 22.3 Å². The third-order valence-electron chi connectivity index (χ3n) is 7.07. The number of amides is 1. The van der Waals surface area contributed by atoms with Gasteiger partial charge in [-0.3, -0.25) is 5.10 Å². The second-order valence-corrected chi connectivity index (χ2v) is 8.85. The van der Waals surface area contributed by atoms with Crippen LogP contribution in [0.2, 0.25) is 0 Å². The summed E-state index contributed by atoms with van der Waals surface area (Å²) in [7, 11) is 1.97. The lowest BCUT2D eigenvalue weighted by atomic mass is 9.96. The lowest BCUT2D eigenvalue weighted by Gasteiger charge is -2.41. The number of aliphatic hydroxyl groups is 1. The molecule has 0 radical (unpaired) electrons. The largest absolute Gasteiger partial charge is 0.507 e. The minimum absolute atomic E-state index is 0.0518. The highest BCUT2D eigenvalue weighted by Crippen LogP contribution is 2.39. The summed E-state index contributed by atoms with van der Waals surface area (Å²) in [6.07, 6.45) is 5.97. The molecule has 2 saturated heterocycles. The average molecular weight is 450 g/mol. The molecule has 4 heterocycles. The number of aromatic amines is 1. The highest BCUT2D eigenvalue weighted by atomic mass is 16.4. The normalized spacial score (nSPS) is 21.9. The van der Waals surface area contributed by atoms with Gasteiger partial charge in [0.1, 0.15) is 11.6 Å². The van der Waals surface area contributed by atoms with Crippen molar-refractivity contribution in [3.05, 3.63) is 48.4 Å². The van der Waals surface area contributed by atoms with Crippen molar-refractivity contribution in [3.8, 4) is 28.0 Å². The molecular weight excluding hydrogens is 422 g/mol. The molecule has 3 aromatic rings. The Balaban J connectivity index is 1.39. The van der Waals surface area contributed by atoms with Gasteiger partial charge in [0.05, 0.1) is 18.5 Å². The Labute approximate surface area is 191 Å². The number of nitrogens with one attached hydrogen (secondary N) is 1. The molecule has 1 aromatic carbocycles. The molecule has 9 heteroatoms. The smallest absolute Gasteiger partial charge is 0.407 e. The Bertz CT molecular complexity index is 1150. The predicted molar refractivity (Wildman–Crippen MR) is 123 cm³/mol. The van der Waals surface area contributed by atoms with Gasteiger partial charge in [0, 0.05) is 48.1 Å². The number of piperidine rings is 1. The standard InChI is InChI=1S/C24H27N5O4/c1-28(18-9-16-3-4-17(10-18)29(16)24(32)33)23-7-6-19(21(13-30)27-23)20-5-2-14(8-22(20)31)15-11-25-26-12-15/h2,5-8,11-12,16-18,30-31H,3-4,9-10,13H2,1H3,(H,25,26)(H,32,33)/t16-,17+,18?. The van der Waals surface area contributed by atoms with Crippen LogP contribution in [0.1, 0.15) is 31.4 Å². The Morgan fingerprint density at radius 3 is 2.48 bits per heavy atom. The number of rotatable bonds is 5. The quantitative estimate of drug-likeness (QED) is 0.470. The van der Waals surface area contributed by atoms with Crippen LogP contribution in [0.15, 0.2) is 42.7 Å². The summed E-state index contributed by atoms with van der Waals surface area (Å²) < 4.78 is 0. The number of phenols is 1. The van der Waals surface area contributed by atoms with E-state index in [-0.39, 0.29) is 30.5 Å². The third kappa shape index (κ3) is 3.78. The monoisotopic (exact) mass is 449 g/mol. The molecule has 0 saturated carbocycles. The maximum Gasteiger partial charge on any atom is 0.407 e. The van der Waals surface area contributed by atoms with E-state index < -0.39 is 6.09 Å². The topological polar surface area (TPSA) is 126 Å². The number of phenolic OH excluding ortho intramolecular Hbond substituents is 1. The van der Waals surface area contributed by atoms with Crippen LogP contribution in [0.4, 0.5) is 10.6 Å². The van der Waals surface area contributed by atoms with Gasteiger partial charge in [-0.2, -0.15) is 5.10 Å². The number of hydrogen-bond donors (Lipinski definition) is 4. The van der Waals surface area contributed by atoms with E-state index in [1.807, 2.05) is 31.3 Å². The number of benzene rings is 1. The second kappa shape index (κ2) is 8.40. The van der Waals surface area contributed by atoms with Crippen molar-refractivity contribution in [1.29, 1.82) is 0 Å². The van der Waals surface area contributed by atoms with Crippen LogP contribution in [-0.4, -0.2) is 66.7 Å². The number of aromatic hydroxyl groups is 1. The summed E-state index contributed by atoms with van der Waals surface area (Å²) in [6, 6.07) is 9.44. The Morgan fingerprint density at radius 1 is 1.15 bits per heavy atom. The number of carboxylic acid groups (broad SMARTS) is 1. The van der Waals surface area contributed by atoms with E-state index in [0.717, 1.165) is 42.6 Å². The number of H-pyrrole nitrogens is 1. The van der Waals surface area contributed by atoms with Crippen LogP contribution < -0.4 is 4.90 Å². The minimum atomic E-state index is -0.827. The number of aliphatic hydroxyl groups excluding tert-OH is 1. The molecule has 1 unspecified atom stereocenters. The zero-order chi connectivity index (χ0) is 23.1. The van der Waals surface area contributed by atoms with Crippen LogP contribution in [0, 0.1) is 0 Å². The van der Waals surface area contributed by atoms with Crippen LogP contribution in [0.5, 0.6) is 5.75 Å². The van der Waals surface area contributed by atoms with Gasteiger partial charge in [-0.05, 0) is 55.5 Å². The van der Waals surface area contributed by atoms with Crippen molar-refractivity contribution in [3.63, 3.8) is 0 Å². The number of hydrogen-bond acceptors (Lipinski definition) is 6. The first-order valence-corrected chi connectivity index (χ1v) is 11.1. The van der Waals surface area contributed by atoms with Crippen LogP contribution >= 0.6 is 0 Å². The van der Waals surface area contributed by atoms with E-state index in [4.69, 9.17) is 4.98 Å². The van der Waals surface area contributed by atoms with Crippen molar-refractivity contribution >= 4 is 11.9 Å². The SMILES string of the molecule is CN(c1ccc(-c2ccc(-c3cn[nH]c3)cc2O)c(CO)n1)C1C[C@H]2CC[C@@H](C1)N2C(=O)O. The number of carbonyl (C=O) groups is 1. The first kappa shape index (κ1) is 21.3. The van der Waals surface area contributed by atoms with Crippen molar-refractivity contribution in [2.45, 2.75) is 50.4 Å². The molecule has 4 N–H and O–H groups in total. The highest BCUT2D eigenvalue weighted by Gasteiger charge is 2.44. The number of pyridine rings is 1. The number of aromatic nitrogens is 3. The average Bonchev–Trinajstić information content (AvgIpc) is 3.45. The Kier molecular flexibility index (Phi) is 5.41. The molecule has 2 fully saturated rings. The van der Waals surface area contributed by atoms with E-state index in [1.54, 1.807) is 23.4 Å². The van der Waals surface area contributed by atoms with Crippen LogP contribution in [-0.2, 0) is 6.61 Å². The molecule has 2 aliphatic heterocycles. The van der Waals surface area contributed by atoms with Gasteiger partial charge in [-0.25, -0.2) is 9.78 Å². The van der Waals surface area contributed by atoms with Gasteiger partial charge in [0.25, 0.3) is 0 Å². The molecule has 172 valence electrons. The minimum Gasteiger partial charge on any atom is -0.507 e. The third-order valence-corrected chi connectivity index (χ3v) is 7.07. The van der Waals surface area contributed by atoms with Gasteiger partial charge >= 0.3 is 6.09 Å². The molecule has 0 aliphatic carbocycles. The van der Waals surface area contributed by atoms with Crippen molar-refractivity contribution < 1.29 is 20.1 Å². The molecule has 2 bridgehead atoms. The molecule has 3 atom stereocenters. The van der Waals surface area contributed by atoms with E-state index in [9.17, 15) is 20.1 Å². The molecule has 1 amide bonds. The highest BCUT2D eigenvalue weighted by molar-refractivity contribution is 5.77. The molecular formula is C24H27N5O4. The van der Waals surface area contributed by atoms with E-state index in [1.165, 1.54) is 0 Å². The van der Waals surface area contributed by atoms with Gasteiger partial charge in [0.2, 0.25) is 0 Å². The van der Waals surface area contributed by atoms with Gasteiger partial charge in [-0.15, -0.1) is 0 Å². The first-order valence-electron chi connectivity index (χ1n) is 11.1. The van der Waals surface area contributed by atoms with E-state index in [2.05, 4.69) is 15.1 Å². The maximum atomic E-state index is 11.6. The number of fused-ring (bicyclic) bond motifs is 2. The van der Waals surface area contributed by atoms with Gasteiger partial charge < -0.3 is 25.1 Å². The number of nitrogens with zero attached hydrogens (tertiary/aromatic N) is 4. The Morgan fingerprint density at radius 2 is 1.88 bits per heavy atom. The fourth-order valence-electron chi connectivity index (χ4n) is 5.36. The van der Waals surface area contributed by atoms with Crippen molar-refractivity contribution in [2.75, 3.05) is 11.9 Å². The maximum absolute atomic E-state index is 11.6. The fourth-order valence-corrected chi connectivity index (χ4v) is 5.36. The molecule has 2 aromatic heterocycles. The first-order chi connectivity index (χ1) is 16.0. The molecule has 5 rings (SSSR count). The summed E-state index contributed by atoms with van der Waals surface area (Å²) in [6.45, 7) is -0.261. The lowest BCUT2D eigenvalue weighted by molar-refractivity contribution is 0.0965. The van der Waals surface area contributed by atoms with E-state index in [0.29, 0.717) is 16.8 Å². The summed E-state index contributed by atoms with van der Waals surface area (Å²) in [5.74, 6) is 0.828. The molecule has 33 heavy (non-hydrogen) atoms. The van der Waals surface area contributed by atoms with Crippen molar-refractivity contribution in [1.82, 2.24) is 20.1 Å². The molecule has 2 aliphatic rings. The van der Waals surface area contributed by atoms with E-state index >= 15 is 0 Å². The number of anilines is 1. The zero-order valence-electron chi connectivity index (χ0n) is 18.3. The second-order valence-electron chi connectivity index (χ2n) is 8.85. The summed E-state index contributed by atoms with van der Waals surface area (Å²) in [5, 5.41) is 36.9. The summed E-state index contributed by atoms with van der Waals surface area (Å²) >= 11 is 0. The zero-order valence-corrected chi connectivity index (χ0v) is 18.3. The fraction of sp³-hybridized carbons (Fsp3) is 0.375. The predicted octanol–water partition coefficient (Wildman–Crippen LogP) is 3.45. The van der Waals surface area contributed by atoms with Gasteiger partial charge in [-0.1, -0.05) is 6.07 Å². The van der Waals surface area contributed by atoms with Crippen LogP contribution in [0.3, 0.4) is 0 Å².